The Morgan fingerprint density at radius 3 is 2.81 bits per heavy atom. The zero-order chi connectivity index (χ0) is 22.1. The lowest BCUT2D eigenvalue weighted by Crippen LogP contribution is -2.23. The lowest BCUT2D eigenvalue weighted by molar-refractivity contribution is -0.112. The maximum Gasteiger partial charge on any atom is 0.267 e. The number of nitrogens with two attached hydrogens (primary N) is 1. The number of hydrogen-bond donors (Lipinski definition) is 1. The number of rotatable bonds is 5. The fourth-order valence-corrected chi connectivity index (χ4v) is 6.15. The molecule has 1 atom stereocenters. The van der Waals surface area contributed by atoms with Crippen LogP contribution >= 0.6 is 23.1 Å². The summed E-state index contributed by atoms with van der Waals surface area (Å²) in [6.07, 6.45) is 2.92. The molecule has 2 aromatic heterocycles. The van der Waals surface area contributed by atoms with Gasteiger partial charge in [0, 0.05) is 10.6 Å². The van der Waals surface area contributed by atoms with E-state index in [1.807, 2.05) is 36.4 Å². The standard InChI is InChI=1S/C23H22N4O2S2/c1-13-8-9-16-19(10-13)31-21-20(16)22(29)27(15-6-4-3-5-7-15)23(26-21)30-12-18(28)17(11-24)14(2)25/h3-7,13H,8-10,12,25H2,1-2H3/b17-14+. The average Bonchev–Trinajstić information content (AvgIpc) is 3.10. The molecule has 2 heterocycles. The summed E-state index contributed by atoms with van der Waals surface area (Å²) in [5.74, 6) is 0.199. The fraction of sp³-hybridized carbons (Fsp3) is 0.304. The molecule has 1 aliphatic carbocycles. The summed E-state index contributed by atoms with van der Waals surface area (Å²) in [6.45, 7) is 3.76. The molecule has 0 amide bonds. The third-order valence-corrected chi connectivity index (χ3v) is 7.52. The molecule has 1 aliphatic rings. The summed E-state index contributed by atoms with van der Waals surface area (Å²) in [7, 11) is 0. The van der Waals surface area contributed by atoms with Crippen molar-refractivity contribution in [3.8, 4) is 11.8 Å². The molecule has 0 spiro atoms. The minimum atomic E-state index is -0.374. The van der Waals surface area contributed by atoms with Crippen molar-refractivity contribution in [2.45, 2.75) is 38.3 Å². The third kappa shape index (κ3) is 4.03. The number of aromatic nitrogens is 2. The fourth-order valence-electron chi connectivity index (χ4n) is 3.85. The van der Waals surface area contributed by atoms with Gasteiger partial charge in [0.15, 0.2) is 10.9 Å². The maximum absolute atomic E-state index is 13.7. The Balaban J connectivity index is 1.84. The van der Waals surface area contributed by atoms with Crippen LogP contribution in [-0.2, 0) is 17.6 Å². The first kappa shape index (κ1) is 21.3. The molecule has 0 radical (unpaired) electrons. The largest absolute Gasteiger partial charge is 0.401 e. The number of allylic oxidation sites excluding steroid dienone is 2. The van der Waals surface area contributed by atoms with Gasteiger partial charge in [-0.1, -0.05) is 36.9 Å². The van der Waals surface area contributed by atoms with Gasteiger partial charge in [0.1, 0.15) is 16.5 Å². The van der Waals surface area contributed by atoms with E-state index in [0.29, 0.717) is 22.1 Å². The van der Waals surface area contributed by atoms with Crippen molar-refractivity contribution in [1.29, 1.82) is 5.26 Å². The van der Waals surface area contributed by atoms with Crippen molar-refractivity contribution in [3.05, 3.63) is 62.4 Å². The zero-order valence-corrected chi connectivity index (χ0v) is 19.0. The Bertz CT molecular complexity index is 1300. The van der Waals surface area contributed by atoms with Crippen LogP contribution in [0.2, 0.25) is 0 Å². The Morgan fingerprint density at radius 1 is 1.39 bits per heavy atom. The number of fused-ring (bicyclic) bond motifs is 3. The first-order valence-corrected chi connectivity index (χ1v) is 11.9. The number of Topliss-reactive ketones (excluding diaryl/α,β-unsaturated/α-hetero) is 1. The van der Waals surface area contributed by atoms with Crippen LogP contribution in [0.5, 0.6) is 0 Å². The van der Waals surface area contributed by atoms with Crippen LogP contribution in [0.1, 0.15) is 30.7 Å². The van der Waals surface area contributed by atoms with E-state index in [9.17, 15) is 14.9 Å². The van der Waals surface area contributed by atoms with Crippen molar-refractivity contribution in [2.24, 2.45) is 11.7 Å². The topological polar surface area (TPSA) is 102 Å². The minimum absolute atomic E-state index is 0.0235. The normalized spacial score (nSPS) is 16.5. The number of carbonyl (C=O) groups excluding carboxylic acids is 1. The van der Waals surface area contributed by atoms with E-state index >= 15 is 0 Å². The second-order valence-corrected chi connectivity index (χ2v) is 9.81. The maximum atomic E-state index is 13.7. The number of aryl methyl sites for hydroxylation is 1. The lowest BCUT2D eigenvalue weighted by Gasteiger charge is -2.17. The molecule has 31 heavy (non-hydrogen) atoms. The smallest absolute Gasteiger partial charge is 0.267 e. The summed E-state index contributed by atoms with van der Waals surface area (Å²) in [5, 5.41) is 10.3. The Hall–Kier alpha value is -2.89. The highest BCUT2D eigenvalue weighted by Gasteiger charge is 2.25. The molecular formula is C23H22N4O2S2. The van der Waals surface area contributed by atoms with E-state index in [0.717, 1.165) is 41.4 Å². The summed E-state index contributed by atoms with van der Waals surface area (Å²) < 4.78 is 1.58. The Kier molecular flexibility index (Phi) is 5.99. The van der Waals surface area contributed by atoms with Gasteiger partial charge in [-0.25, -0.2) is 4.98 Å². The predicted molar refractivity (Wildman–Crippen MR) is 125 cm³/mol. The number of thiophene rings is 1. The summed E-state index contributed by atoms with van der Waals surface area (Å²) in [4.78, 5) is 32.9. The van der Waals surface area contributed by atoms with E-state index in [4.69, 9.17) is 10.7 Å². The molecule has 3 aromatic rings. The predicted octanol–water partition coefficient (Wildman–Crippen LogP) is 3.99. The molecule has 6 nitrogen and oxygen atoms in total. The van der Waals surface area contributed by atoms with Gasteiger partial charge in [-0.15, -0.1) is 11.3 Å². The summed E-state index contributed by atoms with van der Waals surface area (Å²) >= 11 is 2.74. The van der Waals surface area contributed by atoms with Gasteiger partial charge in [0.25, 0.3) is 5.56 Å². The van der Waals surface area contributed by atoms with E-state index in [2.05, 4.69) is 6.92 Å². The van der Waals surface area contributed by atoms with Gasteiger partial charge in [0.05, 0.1) is 16.8 Å². The zero-order valence-electron chi connectivity index (χ0n) is 17.3. The highest BCUT2D eigenvalue weighted by Crippen LogP contribution is 2.37. The van der Waals surface area contributed by atoms with E-state index < -0.39 is 0 Å². The van der Waals surface area contributed by atoms with E-state index in [1.54, 1.807) is 15.9 Å². The molecular weight excluding hydrogens is 428 g/mol. The van der Waals surface area contributed by atoms with Gasteiger partial charge >= 0.3 is 0 Å². The number of benzene rings is 1. The molecule has 1 aromatic carbocycles. The highest BCUT2D eigenvalue weighted by atomic mass is 32.2. The van der Waals surface area contributed by atoms with Crippen LogP contribution in [0.15, 0.2) is 51.6 Å². The second kappa shape index (κ2) is 8.69. The number of nitriles is 1. The second-order valence-electron chi connectivity index (χ2n) is 7.78. The van der Waals surface area contributed by atoms with Crippen molar-refractivity contribution < 1.29 is 4.79 Å². The number of para-hydroxylation sites is 1. The Morgan fingerprint density at radius 2 is 2.13 bits per heavy atom. The van der Waals surface area contributed by atoms with Crippen LogP contribution in [0.25, 0.3) is 15.9 Å². The molecule has 0 saturated carbocycles. The average molecular weight is 451 g/mol. The lowest BCUT2D eigenvalue weighted by atomic mass is 9.89. The monoisotopic (exact) mass is 450 g/mol. The summed E-state index contributed by atoms with van der Waals surface area (Å²) in [5.41, 5.74) is 7.52. The molecule has 0 aliphatic heterocycles. The molecule has 8 heteroatoms. The summed E-state index contributed by atoms with van der Waals surface area (Å²) in [6, 6.07) is 11.2. The molecule has 0 fully saturated rings. The molecule has 0 saturated heterocycles. The highest BCUT2D eigenvalue weighted by molar-refractivity contribution is 7.99. The minimum Gasteiger partial charge on any atom is -0.401 e. The van der Waals surface area contributed by atoms with Crippen molar-refractivity contribution in [2.75, 3.05) is 5.75 Å². The van der Waals surface area contributed by atoms with Crippen LogP contribution in [0, 0.1) is 17.2 Å². The van der Waals surface area contributed by atoms with Crippen LogP contribution in [0.4, 0.5) is 0 Å². The molecule has 158 valence electrons. The van der Waals surface area contributed by atoms with Crippen molar-refractivity contribution in [3.63, 3.8) is 0 Å². The quantitative estimate of drug-likeness (QED) is 0.273. The number of nitrogens with zero attached hydrogens (tertiary/aromatic N) is 3. The molecule has 0 bridgehead atoms. The first-order valence-electron chi connectivity index (χ1n) is 10.1. The molecule has 2 N–H and O–H groups in total. The van der Waals surface area contributed by atoms with Crippen molar-refractivity contribution in [1.82, 2.24) is 9.55 Å². The molecule has 1 unspecified atom stereocenters. The SMILES string of the molecule is C/C(N)=C(/C#N)C(=O)CSc1nc2sc3c(c2c(=O)n1-c1ccccc1)CCC(C)C3. The number of carbonyl (C=O) groups is 1. The van der Waals surface area contributed by atoms with E-state index in [1.165, 1.54) is 11.8 Å². The number of thioether (sulfide) groups is 1. The van der Waals surface area contributed by atoms with Gasteiger partial charge < -0.3 is 5.73 Å². The van der Waals surface area contributed by atoms with Gasteiger partial charge in [-0.05, 0) is 49.8 Å². The first-order chi connectivity index (χ1) is 14.9. The Labute approximate surface area is 188 Å². The van der Waals surface area contributed by atoms with Crippen molar-refractivity contribution >= 4 is 39.1 Å². The van der Waals surface area contributed by atoms with Crippen LogP contribution in [-0.4, -0.2) is 21.1 Å². The van der Waals surface area contributed by atoms with Crippen LogP contribution in [0.3, 0.4) is 0 Å². The third-order valence-electron chi connectivity index (χ3n) is 5.43. The van der Waals surface area contributed by atoms with Gasteiger partial charge in [0.2, 0.25) is 0 Å². The van der Waals surface area contributed by atoms with Gasteiger partial charge in [-0.2, -0.15) is 5.26 Å². The number of ketones is 1. The molecule has 4 rings (SSSR count). The van der Waals surface area contributed by atoms with Gasteiger partial charge in [-0.3, -0.25) is 14.2 Å². The number of hydrogen-bond acceptors (Lipinski definition) is 7. The van der Waals surface area contributed by atoms with Crippen LogP contribution < -0.4 is 11.3 Å². The van der Waals surface area contributed by atoms with E-state index in [-0.39, 0.29) is 28.4 Å².